The number of alkyl halides is 2. The van der Waals surface area contributed by atoms with Crippen LogP contribution in [0, 0.1) is 11.7 Å². The summed E-state index contributed by atoms with van der Waals surface area (Å²) in [6.45, 7) is -0.0478. The van der Waals surface area contributed by atoms with Gasteiger partial charge in [0.1, 0.15) is 11.9 Å². The molecule has 0 spiro atoms. The number of esters is 1. The minimum atomic E-state index is -2.07. The number of halogens is 4. The van der Waals surface area contributed by atoms with E-state index in [0.29, 0.717) is 22.1 Å². The number of aliphatic imine (C=N–C) groups is 1. The third-order valence-electron chi connectivity index (χ3n) is 8.28. The Kier molecular flexibility index (Phi) is 6.27. The average Bonchev–Trinajstić information content (AvgIpc) is 3.20. The number of aromatic nitrogens is 1. The number of amidine groups is 1. The van der Waals surface area contributed by atoms with Crippen molar-refractivity contribution in [1.29, 1.82) is 0 Å². The average molecular weight is 581 g/mol. The number of methoxy groups -OCH3 is 1. The highest BCUT2D eigenvalue weighted by molar-refractivity contribution is 7.11. The molecule has 0 radical (unpaired) electrons. The summed E-state index contributed by atoms with van der Waals surface area (Å²) < 4.78 is 51.2. The maximum Gasteiger partial charge on any atom is 0.338 e. The van der Waals surface area contributed by atoms with Crippen LogP contribution in [0.15, 0.2) is 46.0 Å². The molecular weight excluding hydrogens is 557 g/mol. The minimum absolute atomic E-state index is 0.0478. The van der Waals surface area contributed by atoms with Crippen LogP contribution >= 0.6 is 22.9 Å². The molecule has 1 aliphatic carbocycles. The molecule has 8 nitrogen and oxygen atoms in total. The number of thiazole rings is 1. The quantitative estimate of drug-likeness (QED) is 0.473. The predicted molar refractivity (Wildman–Crippen MR) is 137 cm³/mol. The molecule has 1 aromatic heterocycles. The van der Waals surface area contributed by atoms with Crippen LogP contribution in [-0.2, 0) is 14.3 Å². The van der Waals surface area contributed by atoms with Gasteiger partial charge in [0, 0.05) is 48.7 Å². The minimum Gasteiger partial charge on any atom is -0.481 e. The number of rotatable bonds is 7. The van der Waals surface area contributed by atoms with Crippen molar-refractivity contribution in [2.45, 2.75) is 55.1 Å². The fourth-order valence-electron chi connectivity index (χ4n) is 6.49. The molecule has 6 atom stereocenters. The maximum absolute atomic E-state index is 15.8. The van der Waals surface area contributed by atoms with Crippen LogP contribution in [0.1, 0.15) is 42.3 Å². The van der Waals surface area contributed by atoms with E-state index in [4.69, 9.17) is 16.3 Å². The molecule has 6 rings (SSSR count). The van der Waals surface area contributed by atoms with Crippen molar-refractivity contribution < 1.29 is 32.6 Å². The smallest absolute Gasteiger partial charge is 0.338 e. The Balaban J connectivity index is 1.42. The second-order valence-electron chi connectivity index (χ2n) is 10.4. The molecule has 206 valence electrons. The Morgan fingerprint density at radius 2 is 2.00 bits per heavy atom. The first-order chi connectivity index (χ1) is 18.6. The van der Waals surface area contributed by atoms with Crippen LogP contribution in [0.4, 0.5) is 13.2 Å². The molecule has 13 heteroatoms. The Labute approximate surface area is 230 Å². The van der Waals surface area contributed by atoms with Crippen LogP contribution in [0.25, 0.3) is 0 Å². The number of carbonyl (C=O) groups is 2. The Hall–Kier alpha value is -2.96. The van der Waals surface area contributed by atoms with Gasteiger partial charge in [0.15, 0.2) is 22.2 Å². The van der Waals surface area contributed by atoms with E-state index in [0.717, 1.165) is 0 Å². The molecule has 4 heterocycles. The molecule has 2 saturated heterocycles. The lowest BCUT2D eigenvalue weighted by molar-refractivity contribution is -0.139. The van der Waals surface area contributed by atoms with E-state index >= 15 is 8.78 Å². The number of nitrogens with one attached hydrogen (secondary N) is 1. The Bertz CT molecular complexity index is 1400. The summed E-state index contributed by atoms with van der Waals surface area (Å²) in [6.07, 6.45) is 1.57. The van der Waals surface area contributed by atoms with Crippen molar-refractivity contribution in [3.8, 4) is 0 Å². The molecule has 2 bridgehead atoms. The number of hydrogen-bond acceptors (Lipinski definition) is 8. The molecule has 1 saturated carbocycles. The zero-order valence-electron chi connectivity index (χ0n) is 20.7. The number of benzene rings is 1. The molecule has 3 fully saturated rings. The summed E-state index contributed by atoms with van der Waals surface area (Å²) in [7, 11) is 1.20. The molecule has 0 amide bonds. The number of nitrogens with zero attached hydrogens (tertiary/aromatic N) is 3. The van der Waals surface area contributed by atoms with E-state index in [1.807, 2.05) is 0 Å². The Morgan fingerprint density at radius 3 is 2.59 bits per heavy atom. The van der Waals surface area contributed by atoms with Crippen molar-refractivity contribution in [1.82, 2.24) is 15.2 Å². The first kappa shape index (κ1) is 26.3. The topological polar surface area (TPSA) is 104 Å². The number of piperidine rings is 2. The third-order valence-corrected chi connectivity index (χ3v) is 9.37. The molecule has 39 heavy (non-hydrogen) atoms. The number of carboxylic acid groups (broad SMARTS) is 1. The van der Waals surface area contributed by atoms with Gasteiger partial charge in [0.25, 0.3) is 0 Å². The summed E-state index contributed by atoms with van der Waals surface area (Å²) in [6, 6.07) is 1.39. The zero-order valence-corrected chi connectivity index (χ0v) is 22.2. The fraction of sp³-hybridized carbons (Fsp3) is 0.462. The van der Waals surface area contributed by atoms with Crippen LogP contribution in [0.3, 0.4) is 0 Å². The van der Waals surface area contributed by atoms with Gasteiger partial charge in [-0.25, -0.2) is 22.9 Å². The molecule has 3 unspecified atom stereocenters. The summed E-state index contributed by atoms with van der Waals surface area (Å²) in [5.41, 5.74) is -3.43. The van der Waals surface area contributed by atoms with Crippen LogP contribution in [-0.4, -0.2) is 69.8 Å². The number of ether oxygens (including phenoxy) is 1. The van der Waals surface area contributed by atoms with E-state index < -0.39 is 47.2 Å². The van der Waals surface area contributed by atoms with Gasteiger partial charge in [-0.1, -0.05) is 17.7 Å². The fourth-order valence-corrected chi connectivity index (χ4v) is 7.20. The van der Waals surface area contributed by atoms with Gasteiger partial charge < -0.3 is 15.2 Å². The van der Waals surface area contributed by atoms with Crippen LogP contribution < -0.4 is 5.32 Å². The number of carboxylic acids is 1. The van der Waals surface area contributed by atoms with Gasteiger partial charge in [-0.05, 0) is 36.5 Å². The highest BCUT2D eigenvalue weighted by atomic mass is 35.5. The maximum atomic E-state index is 15.8. The number of carbonyl (C=O) groups excluding carboxylic acids is 1. The highest BCUT2D eigenvalue weighted by Gasteiger charge is 2.85. The van der Waals surface area contributed by atoms with E-state index in [1.54, 1.807) is 22.5 Å². The lowest BCUT2D eigenvalue weighted by Crippen LogP contribution is -2.52. The normalized spacial score (nSPS) is 33.3. The number of hydrogen-bond donors (Lipinski definition) is 2. The van der Waals surface area contributed by atoms with Gasteiger partial charge in [-0.15, -0.1) is 11.3 Å². The molecule has 2 N–H and O–H groups in total. The van der Waals surface area contributed by atoms with E-state index in [2.05, 4.69) is 15.3 Å². The number of fused-ring (bicyclic) bond motifs is 5. The van der Waals surface area contributed by atoms with Gasteiger partial charge >= 0.3 is 11.9 Å². The lowest BCUT2D eigenvalue weighted by atomic mass is 9.84. The van der Waals surface area contributed by atoms with Crippen molar-refractivity contribution in [2.24, 2.45) is 10.9 Å². The molecule has 2 aromatic rings. The lowest BCUT2D eigenvalue weighted by Gasteiger charge is -2.42. The first-order valence-corrected chi connectivity index (χ1v) is 13.7. The highest BCUT2D eigenvalue weighted by Crippen LogP contribution is 2.70. The summed E-state index contributed by atoms with van der Waals surface area (Å²) >= 11 is 7.18. The molecule has 1 aromatic carbocycles. The first-order valence-electron chi connectivity index (χ1n) is 12.4. The second kappa shape index (κ2) is 9.31. The van der Waals surface area contributed by atoms with Gasteiger partial charge in [-0.3, -0.25) is 14.7 Å². The zero-order chi connectivity index (χ0) is 27.7. The van der Waals surface area contributed by atoms with Crippen molar-refractivity contribution in [2.75, 3.05) is 13.7 Å². The van der Waals surface area contributed by atoms with Crippen molar-refractivity contribution in [3.05, 3.63) is 62.5 Å². The van der Waals surface area contributed by atoms with Crippen LogP contribution in [0.5, 0.6) is 0 Å². The van der Waals surface area contributed by atoms with Crippen molar-refractivity contribution >= 4 is 40.7 Å². The van der Waals surface area contributed by atoms with Crippen LogP contribution in [0.2, 0.25) is 5.02 Å². The van der Waals surface area contributed by atoms with Gasteiger partial charge in [0.05, 0.1) is 17.7 Å². The molecule has 3 aliphatic heterocycles. The monoisotopic (exact) mass is 580 g/mol. The predicted octanol–water partition coefficient (Wildman–Crippen LogP) is 4.21. The summed E-state index contributed by atoms with van der Waals surface area (Å²) in [4.78, 5) is 35.1. The largest absolute Gasteiger partial charge is 0.481 e. The molecular formula is C26H24ClF3N4O4S. The standard InChI is InChI=1S/C26H24ClF3N4O4S/c1-38-24(37)20-16(10-34-17-6-12(8-19(35)36)7-18(34)26(30)11-25(17,26)29)32-22(23-31-4-5-39-23)33-21(20)13-2-3-14(27)15(28)9-13/h2-5,9,12,17-18,21H,6-8,10-11H2,1H3,(H,32,33)(H,35,36)/t12?,17-,18+,21-,25?,26?/m0/s1. The van der Waals surface area contributed by atoms with Gasteiger partial charge in [0.2, 0.25) is 0 Å². The van der Waals surface area contributed by atoms with Crippen molar-refractivity contribution in [3.63, 3.8) is 0 Å². The summed E-state index contributed by atoms with van der Waals surface area (Å²) in [5, 5.41) is 14.6. The number of aliphatic carboxylic acids is 1. The van der Waals surface area contributed by atoms with Gasteiger partial charge in [-0.2, -0.15) is 0 Å². The summed E-state index contributed by atoms with van der Waals surface area (Å²) in [5.74, 6) is -2.47. The van der Waals surface area contributed by atoms with E-state index in [-0.39, 0.29) is 48.7 Å². The second-order valence-corrected chi connectivity index (χ2v) is 11.7. The van der Waals surface area contributed by atoms with E-state index in [9.17, 15) is 19.1 Å². The SMILES string of the molecule is COC(=O)C1=C(CN2[C@H]3CC(CC(=O)O)C[C@@H]2C2(F)CC32F)NC(c2nccs2)=N[C@H]1c1ccc(Cl)c(F)c1. The van der Waals surface area contributed by atoms with E-state index in [1.165, 1.54) is 30.6 Å². The third kappa shape index (κ3) is 4.15. The molecule has 4 aliphatic rings. The Morgan fingerprint density at radius 1 is 1.28 bits per heavy atom.